The second kappa shape index (κ2) is 5.72. The van der Waals surface area contributed by atoms with E-state index < -0.39 is 10.0 Å². The second-order valence-electron chi connectivity index (χ2n) is 5.23. The lowest BCUT2D eigenvalue weighted by atomic mass is 10.1. The van der Waals surface area contributed by atoms with E-state index in [1.54, 1.807) is 24.3 Å². The Balaban J connectivity index is 2.01. The number of hydrogen-bond acceptors (Lipinski definition) is 3. The van der Waals surface area contributed by atoms with Crippen molar-refractivity contribution in [1.29, 1.82) is 5.26 Å². The highest BCUT2D eigenvalue weighted by atomic mass is 32.2. The van der Waals surface area contributed by atoms with Crippen LogP contribution in [0, 0.1) is 17.2 Å². The summed E-state index contributed by atoms with van der Waals surface area (Å²) < 4.78 is 26.8. The van der Waals surface area contributed by atoms with E-state index in [4.69, 9.17) is 5.26 Å². The Morgan fingerprint density at radius 1 is 1.42 bits per heavy atom. The molecule has 2 rings (SSSR count). The lowest BCUT2D eigenvalue weighted by molar-refractivity contribution is 0.529. The van der Waals surface area contributed by atoms with Crippen molar-refractivity contribution >= 4 is 10.0 Å². The third-order valence-corrected chi connectivity index (χ3v) is 4.70. The van der Waals surface area contributed by atoms with Crippen molar-refractivity contribution in [3.05, 3.63) is 35.4 Å². The molecule has 0 heterocycles. The molecule has 1 aromatic carbocycles. The molecule has 0 spiro atoms. The maximum absolute atomic E-state index is 12.1. The van der Waals surface area contributed by atoms with Gasteiger partial charge in [0.15, 0.2) is 0 Å². The third kappa shape index (κ3) is 4.34. The highest BCUT2D eigenvalue weighted by Gasteiger charge is 2.25. The van der Waals surface area contributed by atoms with Crippen LogP contribution < -0.4 is 4.72 Å². The normalized spacial score (nSPS) is 16.8. The molecule has 1 fully saturated rings. The molecule has 102 valence electrons. The predicted octanol–water partition coefficient (Wildman–Crippen LogP) is 2.17. The molecule has 0 radical (unpaired) electrons. The quantitative estimate of drug-likeness (QED) is 0.867. The summed E-state index contributed by atoms with van der Waals surface area (Å²) in [5, 5.41) is 8.96. The van der Waals surface area contributed by atoms with Gasteiger partial charge in [0.05, 0.1) is 17.4 Å². The van der Waals surface area contributed by atoms with Crippen molar-refractivity contribution in [2.24, 2.45) is 5.92 Å². The maximum atomic E-state index is 12.1. The van der Waals surface area contributed by atoms with E-state index in [0.29, 0.717) is 17.0 Å². The third-order valence-electron chi connectivity index (χ3n) is 3.25. The highest BCUT2D eigenvalue weighted by Crippen LogP contribution is 2.33. The summed E-state index contributed by atoms with van der Waals surface area (Å²) >= 11 is 0. The molecule has 1 unspecified atom stereocenters. The Hall–Kier alpha value is -1.38. The van der Waals surface area contributed by atoms with Crippen LogP contribution in [0.1, 0.15) is 37.3 Å². The van der Waals surface area contributed by atoms with E-state index in [9.17, 15) is 8.42 Å². The minimum Gasteiger partial charge on any atom is -0.212 e. The summed E-state index contributed by atoms with van der Waals surface area (Å²) in [5.74, 6) is 0.551. The highest BCUT2D eigenvalue weighted by molar-refractivity contribution is 7.88. The minimum atomic E-state index is -3.39. The maximum Gasteiger partial charge on any atom is 0.216 e. The number of sulfonamides is 1. The molecule has 1 saturated carbocycles. The van der Waals surface area contributed by atoms with Gasteiger partial charge in [-0.15, -0.1) is 0 Å². The minimum absolute atomic E-state index is 0.0354. The van der Waals surface area contributed by atoms with Crippen LogP contribution in [0.15, 0.2) is 24.3 Å². The molecular formula is C14H18N2O2S. The van der Waals surface area contributed by atoms with Gasteiger partial charge in [-0.2, -0.15) is 5.26 Å². The number of nitrogens with zero attached hydrogens (tertiary/aromatic N) is 1. The monoisotopic (exact) mass is 278 g/mol. The van der Waals surface area contributed by atoms with Gasteiger partial charge in [-0.3, -0.25) is 0 Å². The zero-order chi connectivity index (χ0) is 13.9. The summed E-state index contributed by atoms with van der Waals surface area (Å²) in [4.78, 5) is 0. The zero-order valence-corrected chi connectivity index (χ0v) is 11.8. The SMILES string of the molecule is CC(CC1CC1)NS(=O)(=O)Cc1ccccc1C#N. The Morgan fingerprint density at radius 3 is 2.74 bits per heavy atom. The molecule has 0 aliphatic heterocycles. The average Bonchev–Trinajstić information content (AvgIpc) is 3.12. The topological polar surface area (TPSA) is 70.0 Å². The molecule has 1 N–H and O–H groups in total. The molecule has 5 heteroatoms. The molecule has 19 heavy (non-hydrogen) atoms. The lowest BCUT2D eigenvalue weighted by Crippen LogP contribution is -2.34. The second-order valence-corrected chi connectivity index (χ2v) is 6.98. The van der Waals surface area contributed by atoms with Crippen LogP contribution in [0.4, 0.5) is 0 Å². The largest absolute Gasteiger partial charge is 0.216 e. The van der Waals surface area contributed by atoms with Crippen molar-refractivity contribution in [2.45, 2.75) is 38.0 Å². The first-order chi connectivity index (χ1) is 9.00. The molecular weight excluding hydrogens is 260 g/mol. The van der Waals surface area contributed by atoms with E-state index >= 15 is 0 Å². The van der Waals surface area contributed by atoms with Gasteiger partial charge in [0.25, 0.3) is 0 Å². The standard InChI is InChI=1S/C14H18N2O2S/c1-11(8-12-6-7-12)16-19(17,18)10-14-5-3-2-4-13(14)9-15/h2-5,11-12,16H,6-8,10H2,1H3. The fourth-order valence-corrected chi connectivity index (χ4v) is 3.66. The number of nitrogens with one attached hydrogen (secondary N) is 1. The van der Waals surface area contributed by atoms with Crippen molar-refractivity contribution in [1.82, 2.24) is 4.72 Å². The Kier molecular flexibility index (Phi) is 4.23. The Bertz CT molecular complexity index is 586. The number of rotatable bonds is 6. The van der Waals surface area contributed by atoms with Gasteiger partial charge < -0.3 is 0 Å². The molecule has 0 aromatic heterocycles. The number of hydrogen-bond donors (Lipinski definition) is 1. The summed E-state index contributed by atoms with van der Waals surface area (Å²) in [7, 11) is -3.39. The van der Waals surface area contributed by atoms with Crippen LogP contribution in [0.3, 0.4) is 0 Å². The number of nitriles is 1. The van der Waals surface area contributed by atoms with E-state index in [1.807, 2.05) is 13.0 Å². The lowest BCUT2D eigenvalue weighted by Gasteiger charge is -2.14. The smallest absolute Gasteiger partial charge is 0.212 e. The van der Waals surface area contributed by atoms with E-state index in [1.165, 1.54) is 12.8 Å². The van der Waals surface area contributed by atoms with Crippen LogP contribution in [-0.2, 0) is 15.8 Å². The summed E-state index contributed by atoms with van der Waals surface area (Å²) in [6.45, 7) is 1.89. The first-order valence-electron chi connectivity index (χ1n) is 6.48. The molecule has 1 aliphatic rings. The summed E-state index contributed by atoms with van der Waals surface area (Å²) in [6.07, 6.45) is 3.33. The van der Waals surface area contributed by atoms with Gasteiger partial charge in [0, 0.05) is 6.04 Å². The molecule has 0 bridgehead atoms. The van der Waals surface area contributed by atoms with Crippen molar-refractivity contribution in [3.63, 3.8) is 0 Å². The van der Waals surface area contributed by atoms with Gasteiger partial charge in [-0.05, 0) is 30.9 Å². The molecule has 1 aromatic rings. The number of benzene rings is 1. The van der Waals surface area contributed by atoms with Gasteiger partial charge in [-0.25, -0.2) is 13.1 Å². The van der Waals surface area contributed by atoms with E-state index in [0.717, 1.165) is 6.42 Å². The van der Waals surface area contributed by atoms with Crippen molar-refractivity contribution < 1.29 is 8.42 Å². The van der Waals surface area contributed by atoms with Crippen molar-refractivity contribution in [3.8, 4) is 6.07 Å². The van der Waals surface area contributed by atoms with Crippen LogP contribution in [0.5, 0.6) is 0 Å². The Morgan fingerprint density at radius 2 is 2.11 bits per heavy atom. The van der Waals surface area contributed by atoms with Gasteiger partial charge in [0.1, 0.15) is 0 Å². The van der Waals surface area contributed by atoms with Crippen LogP contribution >= 0.6 is 0 Å². The molecule has 0 amide bonds. The molecule has 4 nitrogen and oxygen atoms in total. The van der Waals surface area contributed by atoms with Crippen LogP contribution in [0.2, 0.25) is 0 Å². The fraction of sp³-hybridized carbons (Fsp3) is 0.500. The van der Waals surface area contributed by atoms with Crippen LogP contribution in [0.25, 0.3) is 0 Å². The van der Waals surface area contributed by atoms with Gasteiger partial charge in [-0.1, -0.05) is 31.0 Å². The molecule has 0 saturated heterocycles. The predicted molar refractivity (Wildman–Crippen MR) is 73.7 cm³/mol. The van der Waals surface area contributed by atoms with E-state index in [2.05, 4.69) is 4.72 Å². The average molecular weight is 278 g/mol. The molecule has 1 atom stereocenters. The van der Waals surface area contributed by atoms with Gasteiger partial charge >= 0.3 is 0 Å². The Labute approximate surface area is 114 Å². The summed E-state index contributed by atoms with van der Waals surface area (Å²) in [5.41, 5.74) is 0.971. The molecule has 1 aliphatic carbocycles. The van der Waals surface area contributed by atoms with E-state index in [-0.39, 0.29) is 11.8 Å². The first-order valence-corrected chi connectivity index (χ1v) is 8.13. The van der Waals surface area contributed by atoms with Crippen LogP contribution in [-0.4, -0.2) is 14.5 Å². The summed E-state index contributed by atoms with van der Waals surface area (Å²) in [6, 6.07) is 8.79. The van der Waals surface area contributed by atoms with Gasteiger partial charge in [0.2, 0.25) is 10.0 Å². The fourth-order valence-electron chi connectivity index (χ4n) is 2.21. The van der Waals surface area contributed by atoms with Crippen molar-refractivity contribution in [2.75, 3.05) is 0 Å². The zero-order valence-electron chi connectivity index (χ0n) is 11.0. The first kappa shape index (κ1) is 14.0.